The summed E-state index contributed by atoms with van der Waals surface area (Å²) in [6.45, 7) is 4.50. The molecule has 2 N–H and O–H groups in total. The number of halogens is 1. The zero-order valence-electron chi connectivity index (χ0n) is 9.53. The van der Waals surface area contributed by atoms with Crippen molar-refractivity contribution in [3.05, 3.63) is 22.8 Å². The maximum Gasteiger partial charge on any atom is 0.125 e. The summed E-state index contributed by atoms with van der Waals surface area (Å²) < 4.78 is 0.981. The van der Waals surface area contributed by atoms with Crippen LogP contribution in [0, 0.1) is 0 Å². The second kappa shape index (κ2) is 6.47. The number of rotatable bonds is 6. The van der Waals surface area contributed by atoms with Crippen LogP contribution in [0.15, 0.2) is 22.8 Å². The van der Waals surface area contributed by atoms with Gasteiger partial charge in [-0.3, -0.25) is 0 Å². The number of nitrogens with one attached hydrogen (secondary N) is 1. The minimum Gasteiger partial charge on any atom is -0.390 e. The molecule has 0 aliphatic heterocycles. The van der Waals surface area contributed by atoms with E-state index in [1.54, 1.807) is 18.0 Å². The topological polar surface area (TPSA) is 45.1 Å². The fraction of sp³-hybridized carbons (Fsp3) is 0.545. The third-order valence-electron chi connectivity index (χ3n) is 1.74. The number of aliphatic hydroxyl groups is 1. The van der Waals surface area contributed by atoms with Crippen molar-refractivity contribution in [1.82, 2.24) is 4.98 Å². The lowest BCUT2D eigenvalue weighted by Crippen LogP contribution is -2.22. The molecule has 16 heavy (non-hydrogen) atoms. The van der Waals surface area contributed by atoms with Crippen molar-refractivity contribution in [2.75, 3.05) is 23.4 Å². The van der Waals surface area contributed by atoms with E-state index in [1.807, 2.05) is 26.0 Å². The second-order valence-electron chi connectivity index (χ2n) is 4.15. The van der Waals surface area contributed by atoms with Gasteiger partial charge >= 0.3 is 0 Å². The van der Waals surface area contributed by atoms with Gasteiger partial charge in [0.25, 0.3) is 0 Å². The Balaban J connectivity index is 2.14. The molecule has 0 aliphatic carbocycles. The van der Waals surface area contributed by atoms with E-state index in [4.69, 9.17) is 0 Å². The van der Waals surface area contributed by atoms with E-state index in [0.29, 0.717) is 0 Å². The van der Waals surface area contributed by atoms with Gasteiger partial charge in [-0.25, -0.2) is 4.98 Å². The van der Waals surface area contributed by atoms with E-state index in [1.165, 1.54) is 0 Å². The van der Waals surface area contributed by atoms with Crippen LogP contribution in [0.4, 0.5) is 5.82 Å². The van der Waals surface area contributed by atoms with Crippen molar-refractivity contribution < 1.29 is 5.11 Å². The lowest BCUT2D eigenvalue weighted by atomic mass is 10.2. The smallest absolute Gasteiger partial charge is 0.125 e. The zero-order valence-corrected chi connectivity index (χ0v) is 11.9. The molecule has 0 spiro atoms. The SMILES string of the molecule is CC(C)(O)CSCCNc1ccc(Br)cn1. The first-order chi connectivity index (χ1) is 7.47. The van der Waals surface area contributed by atoms with Gasteiger partial charge in [0.2, 0.25) is 0 Å². The molecule has 5 heteroatoms. The highest BCUT2D eigenvalue weighted by Gasteiger charge is 2.11. The molecule has 1 aromatic rings. The quantitative estimate of drug-likeness (QED) is 0.793. The molecule has 0 unspecified atom stereocenters. The van der Waals surface area contributed by atoms with Gasteiger partial charge in [-0.2, -0.15) is 11.8 Å². The zero-order chi connectivity index (χ0) is 12.0. The summed E-state index contributed by atoms with van der Waals surface area (Å²) in [6, 6.07) is 3.89. The van der Waals surface area contributed by atoms with Crippen LogP contribution in [0.2, 0.25) is 0 Å². The summed E-state index contributed by atoms with van der Waals surface area (Å²) >= 11 is 5.07. The number of aromatic nitrogens is 1. The van der Waals surface area contributed by atoms with Crippen molar-refractivity contribution in [3.63, 3.8) is 0 Å². The average Bonchev–Trinajstić information content (AvgIpc) is 2.19. The first-order valence-corrected chi connectivity index (χ1v) is 7.08. The Morgan fingerprint density at radius 1 is 1.50 bits per heavy atom. The summed E-state index contributed by atoms with van der Waals surface area (Å²) in [6.07, 6.45) is 1.77. The lowest BCUT2D eigenvalue weighted by Gasteiger charge is -2.16. The molecule has 0 aromatic carbocycles. The summed E-state index contributed by atoms with van der Waals surface area (Å²) in [4.78, 5) is 4.21. The first-order valence-electron chi connectivity index (χ1n) is 5.13. The lowest BCUT2D eigenvalue weighted by molar-refractivity contribution is 0.107. The van der Waals surface area contributed by atoms with Crippen molar-refractivity contribution in [3.8, 4) is 0 Å². The number of nitrogens with zero attached hydrogens (tertiary/aromatic N) is 1. The van der Waals surface area contributed by atoms with Gasteiger partial charge in [-0.05, 0) is 41.9 Å². The Morgan fingerprint density at radius 2 is 2.25 bits per heavy atom. The summed E-state index contributed by atoms with van der Waals surface area (Å²) in [7, 11) is 0. The number of pyridine rings is 1. The Hall–Kier alpha value is -0.260. The van der Waals surface area contributed by atoms with Crippen LogP contribution in [-0.4, -0.2) is 33.7 Å². The maximum absolute atomic E-state index is 9.51. The Bertz CT molecular complexity index is 311. The standard InChI is InChI=1S/C11H17BrN2OS/c1-11(2,15)8-16-6-5-13-10-4-3-9(12)7-14-10/h3-4,7,15H,5-6,8H2,1-2H3,(H,13,14). The minimum atomic E-state index is -0.583. The Labute approximate surface area is 109 Å². The third-order valence-corrected chi connectivity index (χ3v) is 3.61. The summed E-state index contributed by atoms with van der Waals surface area (Å²) in [5, 5.41) is 12.7. The predicted octanol–water partition coefficient (Wildman–Crippen LogP) is 2.76. The first kappa shape index (κ1) is 13.8. The minimum absolute atomic E-state index is 0.583. The van der Waals surface area contributed by atoms with Gasteiger partial charge < -0.3 is 10.4 Å². The van der Waals surface area contributed by atoms with E-state index < -0.39 is 5.60 Å². The van der Waals surface area contributed by atoms with Crippen LogP contribution in [0.25, 0.3) is 0 Å². The molecule has 1 aromatic heterocycles. The molecule has 1 heterocycles. The number of hydrogen-bond acceptors (Lipinski definition) is 4. The molecule has 0 amide bonds. The van der Waals surface area contributed by atoms with Crippen LogP contribution in [0.3, 0.4) is 0 Å². The van der Waals surface area contributed by atoms with Gasteiger partial charge in [0, 0.05) is 28.7 Å². The fourth-order valence-electron chi connectivity index (χ4n) is 1.05. The second-order valence-corrected chi connectivity index (χ2v) is 6.17. The van der Waals surface area contributed by atoms with Gasteiger partial charge in [0.1, 0.15) is 5.82 Å². The molecule has 0 fully saturated rings. The summed E-state index contributed by atoms with van der Waals surface area (Å²) in [5.74, 6) is 2.59. The van der Waals surface area contributed by atoms with E-state index in [2.05, 4.69) is 26.2 Å². The van der Waals surface area contributed by atoms with Gasteiger partial charge in [-0.1, -0.05) is 0 Å². The Kier molecular flexibility index (Phi) is 5.58. The van der Waals surface area contributed by atoms with Crippen molar-refractivity contribution in [2.45, 2.75) is 19.4 Å². The van der Waals surface area contributed by atoms with E-state index in [-0.39, 0.29) is 0 Å². The van der Waals surface area contributed by atoms with Crippen molar-refractivity contribution in [1.29, 1.82) is 0 Å². The van der Waals surface area contributed by atoms with Crippen molar-refractivity contribution >= 4 is 33.5 Å². The van der Waals surface area contributed by atoms with Gasteiger partial charge in [0.15, 0.2) is 0 Å². The monoisotopic (exact) mass is 304 g/mol. The van der Waals surface area contributed by atoms with Gasteiger partial charge in [-0.15, -0.1) is 0 Å². The van der Waals surface area contributed by atoms with Crippen LogP contribution < -0.4 is 5.32 Å². The molecule has 0 atom stereocenters. The molecule has 0 saturated heterocycles. The highest BCUT2D eigenvalue weighted by molar-refractivity contribution is 9.10. The number of anilines is 1. The van der Waals surface area contributed by atoms with E-state index in [0.717, 1.165) is 28.3 Å². The van der Waals surface area contributed by atoms with Crippen LogP contribution in [0.1, 0.15) is 13.8 Å². The molecule has 0 aliphatic rings. The average molecular weight is 305 g/mol. The van der Waals surface area contributed by atoms with E-state index in [9.17, 15) is 5.11 Å². The highest BCUT2D eigenvalue weighted by Crippen LogP contribution is 2.13. The van der Waals surface area contributed by atoms with Crippen LogP contribution >= 0.6 is 27.7 Å². The largest absolute Gasteiger partial charge is 0.390 e. The van der Waals surface area contributed by atoms with Crippen LogP contribution in [0.5, 0.6) is 0 Å². The molecule has 3 nitrogen and oxygen atoms in total. The predicted molar refractivity (Wildman–Crippen MR) is 74.0 cm³/mol. The Morgan fingerprint density at radius 3 is 2.81 bits per heavy atom. The molecule has 90 valence electrons. The van der Waals surface area contributed by atoms with Crippen molar-refractivity contribution in [2.24, 2.45) is 0 Å². The molecular formula is C11H17BrN2OS. The summed E-state index contributed by atoms with van der Waals surface area (Å²) in [5.41, 5.74) is -0.583. The number of hydrogen-bond donors (Lipinski definition) is 2. The van der Waals surface area contributed by atoms with Crippen LogP contribution in [-0.2, 0) is 0 Å². The molecule has 0 radical (unpaired) electrons. The fourth-order valence-corrected chi connectivity index (χ4v) is 2.18. The molecule has 0 bridgehead atoms. The maximum atomic E-state index is 9.51. The molecular weight excluding hydrogens is 288 g/mol. The van der Waals surface area contributed by atoms with Gasteiger partial charge in [0.05, 0.1) is 5.60 Å². The van der Waals surface area contributed by atoms with E-state index >= 15 is 0 Å². The third kappa shape index (κ3) is 6.35. The molecule has 0 saturated carbocycles. The highest BCUT2D eigenvalue weighted by atomic mass is 79.9. The normalized spacial score (nSPS) is 11.5. The number of thioether (sulfide) groups is 1. The molecule has 1 rings (SSSR count).